The van der Waals surface area contributed by atoms with Crippen LogP contribution in [0.15, 0.2) is 29.3 Å². The maximum atomic E-state index is 11.1. The molecule has 1 aliphatic carbocycles. The number of nitrogens with two attached hydrogens (primary N) is 1. The topological polar surface area (TPSA) is 73.9 Å². The zero-order valence-corrected chi connectivity index (χ0v) is 14.4. The second-order valence-corrected chi connectivity index (χ2v) is 7.49. The highest BCUT2D eigenvalue weighted by Gasteiger charge is 2.44. The van der Waals surface area contributed by atoms with Crippen molar-refractivity contribution in [1.82, 2.24) is 10.4 Å². The molecular weight excluding hydrogens is 300 g/mol. The number of aliphatic hydroxyl groups is 1. The van der Waals surface area contributed by atoms with Crippen molar-refractivity contribution in [2.75, 3.05) is 6.54 Å². The van der Waals surface area contributed by atoms with E-state index in [4.69, 9.17) is 5.73 Å². The Labute approximate surface area is 143 Å². The van der Waals surface area contributed by atoms with Gasteiger partial charge in [0.15, 0.2) is 0 Å². The van der Waals surface area contributed by atoms with Crippen LogP contribution in [0, 0.1) is 0 Å². The zero-order valence-electron chi connectivity index (χ0n) is 14.4. The number of nitrogens with zero attached hydrogens (tertiary/aromatic N) is 2. The van der Waals surface area contributed by atoms with Crippen LogP contribution in [0.2, 0.25) is 0 Å². The maximum absolute atomic E-state index is 11.1. The minimum absolute atomic E-state index is 0.0389. The quantitative estimate of drug-likeness (QED) is 0.752. The molecule has 4 N–H and O–H groups in total. The Bertz CT molecular complexity index is 725. The van der Waals surface area contributed by atoms with Gasteiger partial charge in [0.25, 0.3) is 0 Å². The van der Waals surface area contributed by atoms with E-state index >= 15 is 0 Å². The monoisotopic (exact) mass is 328 g/mol. The Morgan fingerprint density at radius 2 is 2.04 bits per heavy atom. The molecule has 24 heavy (non-hydrogen) atoms. The van der Waals surface area contributed by atoms with Crippen LogP contribution in [0.4, 0.5) is 0 Å². The Kier molecular flexibility index (Phi) is 4.21. The summed E-state index contributed by atoms with van der Waals surface area (Å²) < 4.78 is 0. The first-order chi connectivity index (χ1) is 11.6. The van der Waals surface area contributed by atoms with Crippen LogP contribution in [-0.2, 0) is 0 Å². The lowest BCUT2D eigenvalue weighted by Gasteiger charge is -2.36. The van der Waals surface area contributed by atoms with E-state index in [2.05, 4.69) is 34.5 Å². The van der Waals surface area contributed by atoms with Crippen molar-refractivity contribution in [3.05, 3.63) is 34.8 Å². The largest absolute Gasteiger partial charge is 0.390 e. The first-order valence-corrected chi connectivity index (χ1v) is 9.29. The average Bonchev–Trinajstić information content (AvgIpc) is 2.94. The van der Waals surface area contributed by atoms with Gasteiger partial charge in [0.05, 0.1) is 23.0 Å². The van der Waals surface area contributed by atoms with Crippen molar-refractivity contribution in [3.63, 3.8) is 0 Å². The van der Waals surface area contributed by atoms with E-state index in [1.807, 2.05) is 12.1 Å². The molecule has 3 unspecified atom stereocenters. The van der Waals surface area contributed by atoms with Gasteiger partial charge in [0.2, 0.25) is 0 Å². The smallest absolute Gasteiger partial charge is 0.118 e. The molecule has 2 aliphatic heterocycles. The third-order valence-electron chi connectivity index (χ3n) is 5.92. The van der Waals surface area contributed by atoms with Crippen molar-refractivity contribution in [1.29, 1.82) is 0 Å². The summed E-state index contributed by atoms with van der Waals surface area (Å²) in [4.78, 5) is 4.66. The second kappa shape index (κ2) is 6.23. The first-order valence-electron chi connectivity index (χ1n) is 9.29. The van der Waals surface area contributed by atoms with Gasteiger partial charge in [-0.25, -0.2) is 10.4 Å². The van der Waals surface area contributed by atoms with Crippen molar-refractivity contribution in [2.45, 2.75) is 69.3 Å². The summed E-state index contributed by atoms with van der Waals surface area (Å²) in [5, 5.41) is 15.6. The molecule has 5 nitrogen and oxygen atoms in total. The highest BCUT2D eigenvalue weighted by atomic mass is 16.3. The van der Waals surface area contributed by atoms with Gasteiger partial charge in [-0.3, -0.25) is 4.99 Å². The molecule has 2 heterocycles. The molecule has 1 saturated carbocycles. The van der Waals surface area contributed by atoms with Gasteiger partial charge < -0.3 is 10.8 Å². The van der Waals surface area contributed by atoms with Crippen LogP contribution in [0.1, 0.15) is 45.4 Å². The van der Waals surface area contributed by atoms with Crippen molar-refractivity contribution in [3.8, 4) is 0 Å². The highest BCUT2D eigenvalue weighted by molar-refractivity contribution is 5.60. The summed E-state index contributed by atoms with van der Waals surface area (Å²) in [6, 6.07) is 8.49. The highest BCUT2D eigenvalue weighted by Crippen LogP contribution is 2.37. The van der Waals surface area contributed by atoms with Crippen LogP contribution >= 0.6 is 0 Å². The lowest BCUT2D eigenvalue weighted by atomic mass is 9.78. The molecule has 0 aromatic heterocycles. The molecule has 3 aliphatic rings. The summed E-state index contributed by atoms with van der Waals surface area (Å²) in [7, 11) is 0. The molecule has 1 aromatic carbocycles. The molecule has 0 spiro atoms. The third kappa shape index (κ3) is 2.69. The maximum Gasteiger partial charge on any atom is 0.118 e. The van der Waals surface area contributed by atoms with Crippen LogP contribution < -0.4 is 21.7 Å². The van der Waals surface area contributed by atoms with Crippen LogP contribution in [0.25, 0.3) is 5.57 Å². The van der Waals surface area contributed by atoms with Crippen molar-refractivity contribution >= 4 is 5.57 Å². The lowest BCUT2D eigenvalue weighted by Crippen LogP contribution is -2.50. The molecule has 5 heteroatoms. The SMILES string of the molecule is CCN1NC2C(=c3ccccc3=NC2N)C1CC1(O)CCCCC1. The molecule has 1 saturated heterocycles. The average molecular weight is 328 g/mol. The van der Waals surface area contributed by atoms with E-state index in [0.717, 1.165) is 44.0 Å². The normalized spacial score (nSPS) is 32.1. The molecule has 0 amide bonds. The van der Waals surface area contributed by atoms with Gasteiger partial charge in [0, 0.05) is 11.8 Å². The predicted octanol–water partition coefficient (Wildman–Crippen LogP) is 0.418. The summed E-state index contributed by atoms with van der Waals surface area (Å²) in [5.41, 5.74) is 10.7. The fourth-order valence-corrected chi connectivity index (χ4v) is 4.69. The van der Waals surface area contributed by atoms with Crippen LogP contribution in [0.3, 0.4) is 0 Å². The minimum atomic E-state index is -0.548. The Morgan fingerprint density at radius 3 is 2.79 bits per heavy atom. The number of rotatable bonds is 3. The molecule has 130 valence electrons. The molecule has 0 radical (unpaired) electrons. The number of benzene rings is 1. The number of fused-ring (bicyclic) bond motifs is 2. The van der Waals surface area contributed by atoms with E-state index in [9.17, 15) is 5.11 Å². The van der Waals surface area contributed by atoms with E-state index in [0.29, 0.717) is 0 Å². The summed E-state index contributed by atoms with van der Waals surface area (Å²) in [6.45, 7) is 3.03. The van der Waals surface area contributed by atoms with Gasteiger partial charge >= 0.3 is 0 Å². The summed E-state index contributed by atoms with van der Waals surface area (Å²) in [6.07, 6.45) is 5.85. The van der Waals surface area contributed by atoms with Gasteiger partial charge in [-0.1, -0.05) is 44.4 Å². The molecule has 3 atom stereocenters. The number of hydrogen-bond acceptors (Lipinski definition) is 5. The van der Waals surface area contributed by atoms with E-state index < -0.39 is 5.60 Å². The molecule has 0 bridgehead atoms. The van der Waals surface area contributed by atoms with Crippen LogP contribution in [0.5, 0.6) is 0 Å². The van der Waals surface area contributed by atoms with Gasteiger partial charge in [-0.2, -0.15) is 0 Å². The van der Waals surface area contributed by atoms with Gasteiger partial charge in [0.1, 0.15) is 6.17 Å². The Morgan fingerprint density at radius 1 is 1.29 bits per heavy atom. The Hall–Kier alpha value is -1.27. The van der Waals surface area contributed by atoms with Crippen molar-refractivity contribution in [2.24, 2.45) is 10.7 Å². The zero-order chi connectivity index (χ0) is 16.7. The fraction of sp³-hybridized carbons (Fsp3) is 0.632. The van der Waals surface area contributed by atoms with E-state index in [-0.39, 0.29) is 18.2 Å². The van der Waals surface area contributed by atoms with E-state index in [1.54, 1.807) is 0 Å². The van der Waals surface area contributed by atoms with Crippen molar-refractivity contribution < 1.29 is 5.11 Å². The van der Waals surface area contributed by atoms with E-state index in [1.165, 1.54) is 17.2 Å². The molecule has 1 aromatic rings. The standard InChI is InChI=1S/C19H28N4O/c1-2-23-15(12-19(24)10-6-3-7-11-19)16-13-8-4-5-9-14(13)21-18(20)17(16)22-23/h4-5,8-9,15,17-18,22,24H,2-3,6-7,10-12,20H2,1H3. The second-order valence-electron chi connectivity index (χ2n) is 7.49. The van der Waals surface area contributed by atoms with Gasteiger partial charge in [-0.15, -0.1) is 0 Å². The number of nitrogens with one attached hydrogen (secondary N) is 1. The molecular formula is C19H28N4O. The first kappa shape index (κ1) is 16.2. The third-order valence-corrected chi connectivity index (χ3v) is 5.92. The molecule has 2 fully saturated rings. The van der Waals surface area contributed by atoms with Crippen LogP contribution in [-0.4, -0.2) is 40.5 Å². The fourth-order valence-electron chi connectivity index (χ4n) is 4.69. The number of hydrazine groups is 1. The summed E-state index contributed by atoms with van der Waals surface area (Å²) in [5.74, 6) is 0. The Balaban J connectivity index is 1.78. The minimum Gasteiger partial charge on any atom is -0.390 e. The number of hydrogen-bond donors (Lipinski definition) is 3. The summed E-state index contributed by atoms with van der Waals surface area (Å²) >= 11 is 0. The molecule has 4 rings (SSSR count). The lowest BCUT2D eigenvalue weighted by molar-refractivity contribution is -0.0205. The van der Waals surface area contributed by atoms with Gasteiger partial charge in [-0.05, 0) is 30.9 Å². The predicted molar refractivity (Wildman–Crippen MR) is 94.3 cm³/mol. The number of para-hydroxylation sites is 1.